The first-order chi connectivity index (χ1) is 18.1. The predicted molar refractivity (Wildman–Crippen MR) is 152 cm³/mol. The molecule has 0 saturated heterocycles. The fourth-order valence-corrected chi connectivity index (χ4v) is 5.66. The number of carbonyl (C=O) groups is 2. The minimum Gasteiger partial charge on any atom is -0.354 e. The molecule has 0 heterocycles. The highest BCUT2D eigenvalue weighted by Crippen LogP contribution is 2.28. The summed E-state index contributed by atoms with van der Waals surface area (Å²) in [6.45, 7) is 7.26. The number of amides is 2. The van der Waals surface area contributed by atoms with Crippen LogP contribution in [0.25, 0.3) is 0 Å². The van der Waals surface area contributed by atoms with E-state index >= 15 is 0 Å². The molecule has 38 heavy (non-hydrogen) atoms. The maximum absolute atomic E-state index is 13.9. The molecule has 0 spiro atoms. The highest BCUT2D eigenvalue weighted by atomic mass is 35.5. The minimum atomic E-state index is -4.10. The molecule has 0 radical (unpaired) electrons. The Morgan fingerprint density at radius 3 is 2.21 bits per heavy atom. The SMILES string of the molecule is CCCNC(=O)[C@@H](C)N(Cc1ccccc1Cl)C(=O)CN(c1ccccc1C)S(=O)(=O)c1ccc(C)cc1. The number of halogens is 1. The van der Waals surface area contributed by atoms with E-state index in [2.05, 4.69) is 5.32 Å². The lowest BCUT2D eigenvalue weighted by Crippen LogP contribution is -2.51. The van der Waals surface area contributed by atoms with E-state index in [1.807, 2.05) is 13.8 Å². The van der Waals surface area contributed by atoms with Gasteiger partial charge in [-0.15, -0.1) is 0 Å². The van der Waals surface area contributed by atoms with Gasteiger partial charge in [-0.3, -0.25) is 13.9 Å². The van der Waals surface area contributed by atoms with E-state index in [-0.39, 0.29) is 17.3 Å². The van der Waals surface area contributed by atoms with Crippen molar-refractivity contribution in [3.05, 3.63) is 94.5 Å². The van der Waals surface area contributed by atoms with E-state index in [0.29, 0.717) is 28.4 Å². The first-order valence-corrected chi connectivity index (χ1v) is 14.3. The molecule has 9 heteroatoms. The van der Waals surface area contributed by atoms with Gasteiger partial charge in [-0.1, -0.05) is 72.6 Å². The van der Waals surface area contributed by atoms with E-state index in [9.17, 15) is 18.0 Å². The van der Waals surface area contributed by atoms with Crippen LogP contribution < -0.4 is 9.62 Å². The lowest BCUT2D eigenvalue weighted by Gasteiger charge is -2.32. The van der Waals surface area contributed by atoms with Gasteiger partial charge < -0.3 is 10.2 Å². The van der Waals surface area contributed by atoms with Crippen LogP contribution >= 0.6 is 11.6 Å². The number of anilines is 1. The summed E-state index contributed by atoms with van der Waals surface area (Å²) in [4.78, 5) is 28.3. The van der Waals surface area contributed by atoms with E-state index < -0.39 is 28.5 Å². The van der Waals surface area contributed by atoms with Gasteiger partial charge in [0, 0.05) is 18.1 Å². The molecule has 0 fully saturated rings. The summed E-state index contributed by atoms with van der Waals surface area (Å²) in [6, 6.07) is 19.7. The summed E-state index contributed by atoms with van der Waals surface area (Å²) in [5.74, 6) is -0.848. The number of hydrogen-bond donors (Lipinski definition) is 1. The number of para-hydroxylation sites is 1. The van der Waals surface area contributed by atoms with Gasteiger partial charge in [-0.25, -0.2) is 8.42 Å². The van der Waals surface area contributed by atoms with Crippen molar-refractivity contribution in [3.8, 4) is 0 Å². The fraction of sp³-hybridized carbons (Fsp3) is 0.310. The summed E-state index contributed by atoms with van der Waals surface area (Å²) in [7, 11) is -4.10. The van der Waals surface area contributed by atoms with Crippen LogP contribution in [0.1, 0.15) is 37.0 Å². The quantitative estimate of drug-likeness (QED) is 0.357. The Morgan fingerprint density at radius 2 is 1.58 bits per heavy atom. The molecule has 1 N–H and O–H groups in total. The van der Waals surface area contributed by atoms with Crippen molar-refractivity contribution in [2.24, 2.45) is 0 Å². The lowest BCUT2D eigenvalue weighted by atomic mass is 10.1. The van der Waals surface area contributed by atoms with Gasteiger partial charge in [-0.2, -0.15) is 0 Å². The molecule has 7 nitrogen and oxygen atoms in total. The fourth-order valence-electron chi connectivity index (χ4n) is 3.98. The molecule has 3 aromatic carbocycles. The Morgan fingerprint density at radius 1 is 0.947 bits per heavy atom. The smallest absolute Gasteiger partial charge is 0.264 e. The van der Waals surface area contributed by atoms with Gasteiger partial charge in [0.25, 0.3) is 10.0 Å². The maximum Gasteiger partial charge on any atom is 0.264 e. The van der Waals surface area contributed by atoms with Crippen molar-refractivity contribution in [1.29, 1.82) is 0 Å². The third kappa shape index (κ3) is 6.94. The molecule has 0 aliphatic rings. The Hall–Kier alpha value is -3.36. The van der Waals surface area contributed by atoms with Gasteiger partial charge in [0.2, 0.25) is 11.8 Å². The number of hydrogen-bond acceptors (Lipinski definition) is 4. The molecule has 0 aliphatic heterocycles. The number of benzene rings is 3. The highest BCUT2D eigenvalue weighted by molar-refractivity contribution is 7.92. The average Bonchev–Trinajstić information content (AvgIpc) is 2.90. The van der Waals surface area contributed by atoms with Crippen LogP contribution in [0.5, 0.6) is 0 Å². The number of nitrogens with zero attached hydrogens (tertiary/aromatic N) is 2. The van der Waals surface area contributed by atoms with Gasteiger partial charge in [0.05, 0.1) is 10.6 Å². The predicted octanol–water partition coefficient (Wildman–Crippen LogP) is 5.10. The molecule has 1 atom stereocenters. The highest BCUT2D eigenvalue weighted by Gasteiger charge is 2.33. The van der Waals surface area contributed by atoms with Gasteiger partial charge in [0.15, 0.2) is 0 Å². The monoisotopic (exact) mass is 555 g/mol. The van der Waals surface area contributed by atoms with Crippen LogP contribution in [0.3, 0.4) is 0 Å². The van der Waals surface area contributed by atoms with E-state index in [1.54, 1.807) is 74.5 Å². The topological polar surface area (TPSA) is 86.8 Å². The number of nitrogens with one attached hydrogen (secondary N) is 1. The minimum absolute atomic E-state index is 0.0470. The van der Waals surface area contributed by atoms with Crippen molar-refractivity contribution < 1.29 is 18.0 Å². The Bertz CT molecular complexity index is 1380. The Labute approximate surface area is 230 Å². The van der Waals surface area contributed by atoms with Crippen LogP contribution in [-0.2, 0) is 26.2 Å². The number of sulfonamides is 1. The molecule has 3 aromatic rings. The van der Waals surface area contributed by atoms with Gasteiger partial charge >= 0.3 is 0 Å². The van der Waals surface area contributed by atoms with Gasteiger partial charge in [0.1, 0.15) is 12.6 Å². The van der Waals surface area contributed by atoms with Crippen molar-refractivity contribution in [3.63, 3.8) is 0 Å². The molecule has 0 saturated carbocycles. The zero-order valence-electron chi connectivity index (χ0n) is 22.1. The van der Waals surface area contributed by atoms with E-state index in [0.717, 1.165) is 16.3 Å². The van der Waals surface area contributed by atoms with Crippen LogP contribution in [-0.4, -0.2) is 44.3 Å². The van der Waals surface area contributed by atoms with Crippen molar-refractivity contribution >= 4 is 39.1 Å². The zero-order valence-corrected chi connectivity index (χ0v) is 23.7. The summed E-state index contributed by atoms with van der Waals surface area (Å²) in [5.41, 5.74) is 2.66. The zero-order chi connectivity index (χ0) is 27.9. The van der Waals surface area contributed by atoms with Crippen LogP contribution in [0.15, 0.2) is 77.7 Å². The van der Waals surface area contributed by atoms with E-state index in [1.165, 1.54) is 17.0 Å². The molecule has 0 aromatic heterocycles. The third-order valence-electron chi connectivity index (χ3n) is 6.29. The number of rotatable bonds is 11. The van der Waals surface area contributed by atoms with Crippen LogP contribution in [0, 0.1) is 13.8 Å². The third-order valence-corrected chi connectivity index (χ3v) is 8.43. The largest absolute Gasteiger partial charge is 0.354 e. The normalized spacial score (nSPS) is 12.0. The first-order valence-electron chi connectivity index (χ1n) is 12.5. The number of aryl methyl sites for hydroxylation is 2. The second-order valence-corrected chi connectivity index (χ2v) is 11.5. The van der Waals surface area contributed by atoms with Crippen LogP contribution in [0.4, 0.5) is 5.69 Å². The molecule has 0 aliphatic carbocycles. The Balaban J connectivity index is 2.04. The average molecular weight is 556 g/mol. The van der Waals surface area contributed by atoms with Crippen LogP contribution in [0.2, 0.25) is 5.02 Å². The molecule has 2 amide bonds. The lowest BCUT2D eigenvalue weighted by molar-refractivity contribution is -0.139. The standard InChI is InChI=1S/C29H34ClN3O4S/c1-5-18-31-29(35)23(4)32(19-24-11-7-8-12-26(24)30)28(34)20-33(27-13-9-6-10-22(27)3)38(36,37)25-16-14-21(2)15-17-25/h6-17,23H,5,18-20H2,1-4H3,(H,31,35)/t23-/m1/s1. The molecule has 3 rings (SSSR count). The molecular weight excluding hydrogens is 522 g/mol. The molecule has 0 unspecified atom stereocenters. The molecule has 0 bridgehead atoms. The van der Waals surface area contributed by atoms with E-state index in [4.69, 9.17) is 11.6 Å². The first kappa shape index (κ1) is 29.2. The summed E-state index contributed by atoms with van der Waals surface area (Å²) >= 11 is 6.38. The maximum atomic E-state index is 13.9. The summed E-state index contributed by atoms with van der Waals surface area (Å²) in [5, 5.41) is 3.28. The van der Waals surface area contributed by atoms with Crippen molar-refractivity contribution in [2.45, 2.75) is 51.6 Å². The second-order valence-electron chi connectivity index (χ2n) is 9.19. The second kappa shape index (κ2) is 12.9. The summed E-state index contributed by atoms with van der Waals surface area (Å²) < 4.78 is 28.9. The number of carbonyl (C=O) groups excluding carboxylic acids is 2. The molecule has 202 valence electrons. The van der Waals surface area contributed by atoms with Crippen molar-refractivity contribution in [2.75, 3.05) is 17.4 Å². The summed E-state index contributed by atoms with van der Waals surface area (Å²) in [6.07, 6.45) is 0.743. The molecular formula is C29H34ClN3O4S. The Kier molecular flexibility index (Phi) is 9.94. The van der Waals surface area contributed by atoms with Gasteiger partial charge in [-0.05, 0) is 62.6 Å². The van der Waals surface area contributed by atoms with Crippen molar-refractivity contribution in [1.82, 2.24) is 10.2 Å².